The van der Waals surface area contributed by atoms with Gasteiger partial charge in [-0.1, -0.05) is 6.42 Å². The molecule has 1 aromatic heterocycles. The second-order valence-corrected chi connectivity index (χ2v) is 5.83. The molecule has 0 bridgehead atoms. The van der Waals surface area contributed by atoms with Gasteiger partial charge in [0.2, 0.25) is 5.88 Å². The first-order chi connectivity index (χ1) is 11.2. The summed E-state index contributed by atoms with van der Waals surface area (Å²) in [7, 11) is 1.61. The van der Waals surface area contributed by atoms with E-state index in [0.717, 1.165) is 13.1 Å². The Kier molecular flexibility index (Phi) is 7.29. The number of nitrogens with zero attached hydrogens (tertiary/aromatic N) is 2. The Hall–Kier alpha value is -1.66. The van der Waals surface area contributed by atoms with Crippen LogP contribution in [0.5, 0.6) is 5.88 Å². The summed E-state index contributed by atoms with van der Waals surface area (Å²) in [5.74, 6) is 0.212. The van der Waals surface area contributed by atoms with E-state index in [1.165, 1.54) is 19.3 Å². The first-order valence-electron chi connectivity index (χ1n) is 8.31. The third-order valence-corrected chi connectivity index (χ3v) is 4.17. The zero-order valence-corrected chi connectivity index (χ0v) is 14.1. The van der Waals surface area contributed by atoms with Crippen LogP contribution in [0.25, 0.3) is 0 Å². The van der Waals surface area contributed by atoms with Crippen molar-refractivity contribution < 1.29 is 14.3 Å². The Morgan fingerprint density at radius 2 is 2.30 bits per heavy atom. The van der Waals surface area contributed by atoms with Crippen LogP contribution in [-0.2, 0) is 4.74 Å². The Morgan fingerprint density at radius 1 is 1.43 bits per heavy atom. The second-order valence-electron chi connectivity index (χ2n) is 5.83. The number of ether oxygens (including phenoxy) is 2. The lowest BCUT2D eigenvalue weighted by Crippen LogP contribution is -2.42. The number of carbonyl (C=O) groups excluding carboxylic acids is 1. The fourth-order valence-corrected chi connectivity index (χ4v) is 2.80. The maximum atomic E-state index is 12.3. The van der Waals surface area contributed by atoms with E-state index in [1.54, 1.807) is 25.4 Å². The van der Waals surface area contributed by atoms with Gasteiger partial charge in [-0.25, -0.2) is 4.98 Å². The molecule has 128 valence electrons. The quantitative estimate of drug-likeness (QED) is 0.739. The molecule has 1 saturated heterocycles. The van der Waals surface area contributed by atoms with Crippen molar-refractivity contribution in [3.05, 3.63) is 23.9 Å². The molecular formula is C17H27N3O3. The molecule has 1 amide bonds. The molecule has 6 nitrogen and oxygen atoms in total. The summed E-state index contributed by atoms with van der Waals surface area (Å²) in [6.07, 6.45) is 5.42. The largest absolute Gasteiger partial charge is 0.475 e. The van der Waals surface area contributed by atoms with Crippen LogP contribution in [0.15, 0.2) is 18.3 Å². The van der Waals surface area contributed by atoms with Crippen molar-refractivity contribution in [2.75, 3.05) is 40.0 Å². The predicted molar refractivity (Wildman–Crippen MR) is 88.8 cm³/mol. The summed E-state index contributed by atoms with van der Waals surface area (Å²) in [5.41, 5.74) is 0.468. The summed E-state index contributed by atoms with van der Waals surface area (Å²) >= 11 is 0. The van der Waals surface area contributed by atoms with Gasteiger partial charge in [0, 0.05) is 32.4 Å². The number of hydrogen-bond donors (Lipinski definition) is 1. The molecule has 2 rings (SSSR count). The molecule has 0 saturated carbocycles. The second kappa shape index (κ2) is 9.47. The highest BCUT2D eigenvalue weighted by atomic mass is 16.5. The fourth-order valence-electron chi connectivity index (χ4n) is 2.80. The van der Waals surface area contributed by atoms with Gasteiger partial charge in [-0.3, -0.25) is 9.69 Å². The molecule has 0 spiro atoms. The molecule has 1 aliphatic heterocycles. The topological polar surface area (TPSA) is 63.7 Å². The number of likely N-dealkylation sites (tertiary alicyclic amines) is 1. The zero-order chi connectivity index (χ0) is 16.5. The first kappa shape index (κ1) is 17.7. The maximum absolute atomic E-state index is 12.3. The van der Waals surface area contributed by atoms with Crippen LogP contribution in [0, 0.1) is 0 Å². The van der Waals surface area contributed by atoms with Gasteiger partial charge >= 0.3 is 0 Å². The van der Waals surface area contributed by atoms with E-state index in [0.29, 0.717) is 37.2 Å². The van der Waals surface area contributed by atoms with Gasteiger partial charge in [-0.15, -0.1) is 0 Å². The van der Waals surface area contributed by atoms with Crippen LogP contribution in [0.4, 0.5) is 0 Å². The normalized spacial score (nSPS) is 18.6. The van der Waals surface area contributed by atoms with Crippen molar-refractivity contribution in [1.29, 1.82) is 0 Å². The Labute approximate surface area is 138 Å². The minimum absolute atomic E-state index is 0.143. The number of methoxy groups -OCH3 is 1. The molecule has 1 atom stereocenters. The molecular weight excluding hydrogens is 294 g/mol. The number of hydrogen-bond acceptors (Lipinski definition) is 5. The molecule has 2 heterocycles. The van der Waals surface area contributed by atoms with Crippen LogP contribution >= 0.6 is 0 Å². The van der Waals surface area contributed by atoms with E-state index in [9.17, 15) is 4.79 Å². The fraction of sp³-hybridized carbons (Fsp3) is 0.647. The summed E-state index contributed by atoms with van der Waals surface area (Å²) < 4.78 is 10.5. The van der Waals surface area contributed by atoms with Crippen molar-refractivity contribution >= 4 is 5.91 Å². The predicted octanol–water partition coefficient (Wildman–Crippen LogP) is 1.71. The van der Waals surface area contributed by atoms with E-state index >= 15 is 0 Å². The van der Waals surface area contributed by atoms with Crippen molar-refractivity contribution in [1.82, 2.24) is 15.2 Å². The number of amides is 1. The molecule has 1 aromatic rings. The highest BCUT2D eigenvalue weighted by molar-refractivity contribution is 5.96. The molecule has 0 aliphatic carbocycles. The molecule has 23 heavy (non-hydrogen) atoms. The number of aromatic nitrogens is 1. The van der Waals surface area contributed by atoms with Crippen LogP contribution in [0.1, 0.15) is 36.5 Å². The van der Waals surface area contributed by atoms with E-state index in [-0.39, 0.29) is 5.91 Å². The Balaban J connectivity index is 1.83. The summed E-state index contributed by atoms with van der Waals surface area (Å²) in [6.45, 7) is 5.73. The van der Waals surface area contributed by atoms with Crippen LogP contribution < -0.4 is 10.1 Å². The standard InChI is InChI=1S/C17H27N3O3/c1-14-6-3-4-10-20(14)11-9-18-16(21)15-7-5-8-19-17(15)23-13-12-22-2/h5,7-8,14H,3-4,6,9-13H2,1-2H3,(H,18,21)/t14-/m1/s1. The number of carbonyl (C=O) groups is 1. The molecule has 1 N–H and O–H groups in total. The van der Waals surface area contributed by atoms with E-state index < -0.39 is 0 Å². The molecule has 0 unspecified atom stereocenters. The third kappa shape index (κ3) is 5.48. The van der Waals surface area contributed by atoms with Crippen molar-refractivity contribution in [3.8, 4) is 5.88 Å². The number of nitrogens with one attached hydrogen (secondary N) is 1. The average Bonchev–Trinajstić information content (AvgIpc) is 2.57. The average molecular weight is 321 g/mol. The summed E-state index contributed by atoms with van der Waals surface area (Å²) in [5, 5.41) is 2.97. The lowest BCUT2D eigenvalue weighted by Gasteiger charge is -2.33. The number of rotatable bonds is 8. The SMILES string of the molecule is COCCOc1ncccc1C(=O)NCCN1CCCC[C@H]1C. The summed E-state index contributed by atoms with van der Waals surface area (Å²) in [6, 6.07) is 4.07. The van der Waals surface area contributed by atoms with E-state index in [1.807, 2.05) is 0 Å². The van der Waals surface area contributed by atoms with Gasteiger partial charge in [0.1, 0.15) is 12.2 Å². The number of pyridine rings is 1. The molecule has 6 heteroatoms. The summed E-state index contributed by atoms with van der Waals surface area (Å²) in [4.78, 5) is 18.9. The van der Waals surface area contributed by atoms with Crippen molar-refractivity contribution in [3.63, 3.8) is 0 Å². The van der Waals surface area contributed by atoms with Crippen LogP contribution in [0.2, 0.25) is 0 Å². The van der Waals surface area contributed by atoms with E-state index in [4.69, 9.17) is 9.47 Å². The van der Waals surface area contributed by atoms with Gasteiger partial charge in [0.25, 0.3) is 5.91 Å². The van der Waals surface area contributed by atoms with Crippen molar-refractivity contribution in [2.24, 2.45) is 0 Å². The van der Waals surface area contributed by atoms with Gasteiger partial charge < -0.3 is 14.8 Å². The minimum Gasteiger partial charge on any atom is -0.475 e. The van der Waals surface area contributed by atoms with Gasteiger partial charge in [-0.05, 0) is 38.4 Å². The van der Waals surface area contributed by atoms with Gasteiger partial charge in [0.15, 0.2) is 0 Å². The highest BCUT2D eigenvalue weighted by Gasteiger charge is 2.18. The van der Waals surface area contributed by atoms with Crippen LogP contribution in [0.3, 0.4) is 0 Å². The molecule has 1 fully saturated rings. The minimum atomic E-state index is -0.143. The lowest BCUT2D eigenvalue weighted by molar-refractivity contribution is 0.0929. The number of piperidine rings is 1. The molecule has 0 aromatic carbocycles. The van der Waals surface area contributed by atoms with Gasteiger partial charge in [0.05, 0.1) is 6.61 Å². The van der Waals surface area contributed by atoms with Crippen molar-refractivity contribution in [2.45, 2.75) is 32.2 Å². The Morgan fingerprint density at radius 3 is 3.09 bits per heavy atom. The highest BCUT2D eigenvalue weighted by Crippen LogP contribution is 2.16. The maximum Gasteiger partial charge on any atom is 0.256 e. The van der Waals surface area contributed by atoms with E-state index in [2.05, 4.69) is 22.1 Å². The lowest BCUT2D eigenvalue weighted by atomic mass is 10.0. The molecule has 1 aliphatic rings. The third-order valence-electron chi connectivity index (χ3n) is 4.17. The van der Waals surface area contributed by atoms with Gasteiger partial charge in [-0.2, -0.15) is 0 Å². The monoisotopic (exact) mass is 321 g/mol. The smallest absolute Gasteiger partial charge is 0.256 e. The zero-order valence-electron chi connectivity index (χ0n) is 14.1. The first-order valence-corrected chi connectivity index (χ1v) is 8.31. The Bertz CT molecular complexity index is 496. The molecule has 0 radical (unpaired) electrons. The van der Waals surface area contributed by atoms with Crippen LogP contribution in [-0.4, -0.2) is 61.8 Å².